The average Bonchev–Trinajstić information content (AvgIpc) is 2.69. The van der Waals surface area contributed by atoms with E-state index in [4.69, 9.17) is 0 Å². The number of hydrogen-bond acceptors (Lipinski definition) is 5. The summed E-state index contributed by atoms with van der Waals surface area (Å²) in [6.45, 7) is 10.6. The molecule has 19 heavy (non-hydrogen) atoms. The Bertz CT molecular complexity index is 441. The minimum atomic E-state index is -0.675. The molecule has 1 aromatic rings. The van der Waals surface area contributed by atoms with Gasteiger partial charge < -0.3 is 10.0 Å². The fourth-order valence-corrected chi connectivity index (χ4v) is 3.06. The molecule has 0 saturated carbocycles. The maximum atomic E-state index is 11.2. The lowest BCUT2D eigenvalue weighted by molar-refractivity contribution is -0.383. The molecule has 108 valence electrons. The summed E-state index contributed by atoms with van der Waals surface area (Å²) in [5.41, 5.74) is 0.0928. The SMILES string of the molecule is CC(C)CN(c1sc([C@@H](C)O)cc1[N+](=O)[O-])C(C)C. The zero-order valence-corrected chi connectivity index (χ0v) is 12.9. The Balaban J connectivity index is 3.23. The Kier molecular flexibility index (Phi) is 5.31. The Hall–Kier alpha value is -1.14. The van der Waals surface area contributed by atoms with Crippen LogP contribution in [0.3, 0.4) is 0 Å². The van der Waals surface area contributed by atoms with Crippen molar-refractivity contribution >= 4 is 22.0 Å². The molecule has 0 aliphatic heterocycles. The van der Waals surface area contributed by atoms with E-state index in [1.165, 1.54) is 17.4 Å². The molecule has 0 fully saturated rings. The summed E-state index contributed by atoms with van der Waals surface area (Å²) < 4.78 is 0. The predicted octanol–water partition coefficient (Wildman–Crippen LogP) is 3.58. The lowest BCUT2D eigenvalue weighted by Gasteiger charge is -2.28. The van der Waals surface area contributed by atoms with Gasteiger partial charge in [0, 0.05) is 23.5 Å². The van der Waals surface area contributed by atoms with Crippen LogP contribution in [0.2, 0.25) is 0 Å². The molecule has 0 aliphatic rings. The van der Waals surface area contributed by atoms with Crippen molar-refractivity contribution in [2.75, 3.05) is 11.4 Å². The molecular formula is C13H22N2O3S. The number of nitro groups is 1. The lowest BCUT2D eigenvalue weighted by atomic mass is 10.2. The zero-order chi connectivity index (χ0) is 14.7. The molecule has 1 aromatic heterocycles. The fraction of sp³-hybridized carbons (Fsp3) is 0.692. The van der Waals surface area contributed by atoms with Crippen LogP contribution in [0, 0.1) is 16.0 Å². The van der Waals surface area contributed by atoms with E-state index in [1.807, 2.05) is 18.7 Å². The molecule has 0 spiro atoms. The van der Waals surface area contributed by atoms with Gasteiger partial charge in [-0.1, -0.05) is 13.8 Å². The summed E-state index contributed by atoms with van der Waals surface area (Å²) in [4.78, 5) is 13.5. The Morgan fingerprint density at radius 3 is 2.32 bits per heavy atom. The lowest BCUT2D eigenvalue weighted by Crippen LogP contribution is -2.33. The maximum Gasteiger partial charge on any atom is 0.304 e. The number of anilines is 1. The van der Waals surface area contributed by atoms with Gasteiger partial charge in [0.1, 0.15) is 0 Å². The smallest absolute Gasteiger partial charge is 0.304 e. The second-order valence-electron chi connectivity index (χ2n) is 5.41. The first-order valence-electron chi connectivity index (χ1n) is 6.46. The highest BCUT2D eigenvalue weighted by atomic mass is 32.1. The first-order valence-corrected chi connectivity index (χ1v) is 7.28. The molecule has 0 unspecified atom stereocenters. The number of aliphatic hydroxyl groups excluding tert-OH is 1. The highest BCUT2D eigenvalue weighted by molar-refractivity contribution is 7.16. The van der Waals surface area contributed by atoms with E-state index in [9.17, 15) is 15.2 Å². The van der Waals surface area contributed by atoms with Gasteiger partial charge >= 0.3 is 5.69 Å². The van der Waals surface area contributed by atoms with Gasteiger partial charge in [0.05, 0.1) is 11.0 Å². The molecule has 0 aromatic carbocycles. The van der Waals surface area contributed by atoms with Crippen LogP contribution in [0.4, 0.5) is 10.7 Å². The standard InChI is InChI=1S/C13H22N2O3S/c1-8(2)7-14(9(3)4)13-11(15(17)18)6-12(19-13)10(5)16/h6,8-10,16H,7H2,1-5H3/t10-/m1/s1. The molecule has 1 rings (SSSR count). The third-order valence-corrected chi connectivity index (χ3v) is 4.10. The minimum Gasteiger partial charge on any atom is -0.388 e. The molecule has 1 atom stereocenters. The van der Waals surface area contributed by atoms with Crippen LogP contribution in [0.25, 0.3) is 0 Å². The van der Waals surface area contributed by atoms with Gasteiger partial charge in [-0.2, -0.15) is 0 Å². The van der Waals surface area contributed by atoms with Crippen LogP contribution >= 0.6 is 11.3 Å². The highest BCUT2D eigenvalue weighted by Gasteiger charge is 2.27. The van der Waals surface area contributed by atoms with Crippen LogP contribution in [0.15, 0.2) is 6.07 Å². The van der Waals surface area contributed by atoms with Crippen LogP contribution in [-0.2, 0) is 0 Å². The van der Waals surface area contributed by atoms with Crippen LogP contribution in [-0.4, -0.2) is 22.6 Å². The van der Waals surface area contributed by atoms with E-state index in [0.717, 1.165) is 6.54 Å². The van der Waals surface area contributed by atoms with Crippen LogP contribution in [0.5, 0.6) is 0 Å². The van der Waals surface area contributed by atoms with Crippen molar-refractivity contribution in [3.8, 4) is 0 Å². The molecule has 0 aliphatic carbocycles. The van der Waals surface area contributed by atoms with Crippen molar-refractivity contribution in [1.82, 2.24) is 0 Å². The summed E-state index contributed by atoms with van der Waals surface area (Å²) in [5, 5.41) is 21.4. The quantitative estimate of drug-likeness (QED) is 0.641. The molecule has 0 radical (unpaired) electrons. The third kappa shape index (κ3) is 3.91. The van der Waals surface area contributed by atoms with E-state index in [1.54, 1.807) is 6.92 Å². The molecule has 1 N–H and O–H groups in total. The van der Waals surface area contributed by atoms with Gasteiger partial charge in [-0.25, -0.2) is 0 Å². The highest BCUT2D eigenvalue weighted by Crippen LogP contribution is 2.41. The molecule has 0 bridgehead atoms. The topological polar surface area (TPSA) is 66.6 Å². The van der Waals surface area contributed by atoms with Crippen molar-refractivity contribution < 1.29 is 10.0 Å². The third-order valence-electron chi connectivity index (χ3n) is 2.77. The largest absolute Gasteiger partial charge is 0.388 e. The van der Waals surface area contributed by atoms with Crippen LogP contribution in [0.1, 0.15) is 45.6 Å². The number of hydrogen-bond donors (Lipinski definition) is 1. The van der Waals surface area contributed by atoms with Crippen molar-refractivity contribution in [1.29, 1.82) is 0 Å². The summed E-state index contributed by atoms with van der Waals surface area (Å²) >= 11 is 1.31. The van der Waals surface area contributed by atoms with Crippen molar-refractivity contribution in [2.24, 2.45) is 5.92 Å². The Morgan fingerprint density at radius 1 is 1.37 bits per heavy atom. The maximum absolute atomic E-state index is 11.2. The molecule has 5 nitrogen and oxygen atoms in total. The van der Waals surface area contributed by atoms with Gasteiger partial charge in [0.25, 0.3) is 0 Å². The van der Waals surface area contributed by atoms with Crippen LogP contribution < -0.4 is 4.90 Å². The molecule has 6 heteroatoms. The fourth-order valence-electron chi connectivity index (χ4n) is 1.85. The number of nitrogens with zero attached hydrogens (tertiary/aromatic N) is 2. The van der Waals surface area contributed by atoms with Gasteiger partial charge in [-0.3, -0.25) is 10.1 Å². The second kappa shape index (κ2) is 6.34. The van der Waals surface area contributed by atoms with Gasteiger partial charge in [-0.05, 0) is 26.7 Å². The number of rotatable bonds is 6. The van der Waals surface area contributed by atoms with Crippen molar-refractivity contribution in [3.63, 3.8) is 0 Å². The average molecular weight is 286 g/mol. The monoisotopic (exact) mass is 286 g/mol. The van der Waals surface area contributed by atoms with Gasteiger partial charge in [0.15, 0.2) is 5.00 Å². The van der Waals surface area contributed by atoms with E-state index < -0.39 is 6.10 Å². The normalized spacial score (nSPS) is 13.1. The molecule has 0 amide bonds. The first-order chi connectivity index (χ1) is 8.73. The second-order valence-corrected chi connectivity index (χ2v) is 6.47. The summed E-state index contributed by atoms with van der Waals surface area (Å²) in [6.07, 6.45) is -0.675. The van der Waals surface area contributed by atoms with E-state index in [2.05, 4.69) is 13.8 Å². The molecule has 1 heterocycles. The Morgan fingerprint density at radius 2 is 1.95 bits per heavy atom. The van der Waals surface area contributed by atoms with Gasteiger partial charge in [-0.15, -0.1) is 11.3 Å². The van der Waals surface area contributed by atoms with Crippen molar-refractivity contribution in [3.05, 3.63) is 21.1 Å². The van der Waals surface area contributed by atoms with Crippen molar-refractivity contribution in [2.45, 2.75) is 46.8 Å². The summed E-state index contributed by atoms with van der Waals surface area (Å²) in [5.74, 6) is 0.416. The Labute approximate surface area is 118 Å². The van der Waals surface area contributed by atoms with E-state index in [-0.39, 0.29) is 16.7 Å². The zero-order valence-electron chi connectivity index (χ0n) is 12.1. The summed E-state index contributed by atoms with van der Waals surface area (Å²) in [7, 11) is 0. The summed E-state index contributed by atoms with van der Waals surface area (Å²) in [6, 6.07) is 1.67. The predicted molar refractivity (Wildman–Crippen MR) is 78.9 cm³/mol. The molecule has 0 saturated heterocycles. The first kappa shape index (κ1) is 15.9. The van der Waals surface area contributed by atoms with Gasteiger partial charge in [0.2, 0.25) is 0 Å². The molecular weight excluding hydrogens is 264 g/mol. The number of aliphatic hydroxyl groups is 1. The van der Waals surface area contributed by atoms with E-state index >= 15 is 0 Å². The van der Waals surface area contributed by atoms with E-state index in [0.29, 0.717) is 15.8 Å². The minimum absolute atomic E-state index is 0.0928. The number of thiophene rings is 1.